The third kappa shape index (κ3) is 4470. The van der Waals surface area contributed by atoms with Gasteiger partial charge in [-0.25, -0.2) is 0 Å². The van der Waals surface area contributed by atoms with Crippen LogP contribution < -0.4 is 0 Å². The Hall–Kier alpha value is 0.617. The van der Waals surface area contributed by atoms with Crippen molar-refractivity contribution in [2.24, 2.45) is 0 Å². The Bertz CT molecular complexity index is 118. The third-order valence-corrected chi connectivity index (χ3v) is 0. The molecular weight excluding hydrogens is 276 g/mol. The van der Waals surface area contributed by atoms with Gasteiger partial charge in [-0.3, -0.25) is 13.4 Å². The minimum absolute atomic E-state index is 0. The quantitative estimate of drug-likeness (QED) is 0.236. The molecule has 78 valence electrons. The van der Waals surface area contributed by atoms with Crippen LogP contribution in [-0.4, -0.2) is 109 Å². The average molecular weight is 285 g/mol. The summed E-state index contributed by atoms with van der Waals surface area (Å²) in [7, 11) is -9.39. The number of hydrogen-bond donors (Lipinski definition) is 6. The van der Waals surface area contributed by atoms with Gasteiger partial charge in [0.2, 0.25) is 0 Å². The summed E-state index contributed by atoms with van der Waals surface area (Å²) in [5.41, 5.74) is 0. The van der Waals surface area contributed by atoms with Crippen LogP contribution in [0.3, 0.4) is 0 Å². The van der Waals surface area contributed by atoms with Crippen molar-refractivity contribution in [3.63, 3.8) is 0 Å². The third-order valence-electron chi connectivity index (χ3n) is 0. The second-order valence-corrected chi connectivity index (χ2v) is 2.54. The Morgan fingerprint density at radius 3 is 0.571 bits per heavy atom. The summed E-state index contributed by atoms with van der Waals surface area (Å²) < 4.78 is 26.2. The molecule has 0 bridgehead atoms. The van der Waals surface area contributed by atoms with Crippen LogP contribution in [0.2, 0.25) is 0 Å². The van der Waals surface area contributed by atoms with Crippen LogP contribution in [0.1, 0.15) is 0 Å². The summed E-state index contributed by atoms with van der Waals surface area (Å²) >= 11 is 0. The molecule has 0 atom stereocenters. The molecule has 0 spiro atoms. The Balaban J connectivity index is -0.0000000270. The van der Waals surface area contributed by atoms with Crippen LogP contribution in [0, 0.1) is 0 Å². The van der Waals surface area contributed by atoms with Crippen molar-refractivity contribution in [3.05, 3.63) is 0 Å². The van der Waals surface area contributed by atoms with E-state index in [0.29, 0.717) is 0 Å². The molecular formula is H9MgNaO9Si3. The van der Waals surface area contributed by atoms with Crippen LogP contribution in [0.5, 0.6) is 0 Å². The molecule has 0 saturated heterocycles. The molecule has 0 fully saturated rings. The molecule has 0 aliphatic rings. The van der Waals surface area contributed by atoms with E-state index in [2.05, 4.69) is 0 Å². The summed E-state index contributed by atoms with van der Waals surface area (Å²) in [6, 6.07) is 0. The molecule has 0 unspecified atom stereocenters. The fraction of sp³-hybridized carbons (Fsp3) is 0. The second kappa shape index (κ2) is 23.4. The van der Waals surface area contributed by atoms with Crippen molar-refractivity contribution in [1.82, 2.24) is 0 Å². The Labute approximate surface area is 121 Å². The van der Waals surface area contributed by atoms with Gasteiger partial charge < -0.3 is 28.8 Å². The molecule has 0 aromatic heterocycles. The summed E-state index contributed by atoms with van der Waals surface area (Å²) in [5, 5.41) is 0. The van der Waals surface area contributed by atoms with Gasteiger partial charge in [-0.2, -0.15) is 0 Å². The first-order valence-electron chi connectivity index (χ1n) is 1.95. The maximum atomic E-state index is 8.74. The molecule has 9 nitrogen and oxygen atoms in total. The monoisotopic (exact) mass is 284 g/mol. The minimum atomic E-state index is -3.13. The normalized spacial score (nSPS) is 5.14. The average Bonchev–Trinajstić information content (AvgIpc) is 1.54. The SMILES string of the molecule is O=[Si](O)O.O=[Si](O)O.O=[Si](O)O.[MgH2].[NaH]. The van der Waals surface area contributed by atoms with Crippen molar-refractivity contribution in [2.45, 2.75) is 0 Å². The van der Waals surface area contributed by atoms with Crippen molar-refractivity contribution in [3.8, 4) is 0 Å². The number of rotatable bonds is 0. The first-order chi connectivity index (χ1) is 5.20. The molecule has 0 aromatic carbocycles. The summed E-state index contributed by atoms with van der Waals surface area (Å²) in [6.07, 6.45) is 0. The zero-order valence-electron chi connectivity index (χ0n) is 5.41. The van der Waals surface area contributed by atoms with E-state index in [1.54, 1.807) is 0 Å². The maximum absolute atomic E-state index is 8.74. The fourth-order valence-corrected chi connectivity index (χ4v) is 0. The van der Waals surface area contributed by atoms with E-state index < -0.39 is 27.5 Å². The van der Waals surface area contributed by atoms with E-state index in [1.165, 1.54) is 0 Å². The Morgan fingerprint density at radius 2 is 0.571 bits per heavy atom. The van der Waals surface area contributed by atoms with Gasteiger partial charge in [0, 0.05) is 0 Å². The summed E-state index contributed by atoms with van der Waals surface area (Å²) in [6.45, 7) is 0. The van der Waals surface area contributed by atoms with E-state index >= 15 is 0 Å². The van der Waals surface area contributed by atoms with Gasteiger partial charge in [0.05, 0.1) is 0 Å². The van der Waals surface area contributed by atoms with Crippen molar-refractivity contribution >= 4 is 80.1 Å². The summed E-state index contributed by atoms with van der Waals surface area (Å²) in [4.78, 5) is 42.9. The van der Waals surface area contributed by atoms with Crippen LogP contribution in [0.25, 0.3) is 0 Å². The van der Waals surface area contributed by atoms with Gasteiger partial charge in [-0.05, 0) is 0 Å². The van der Waals surface area contributed by atoms with Gasteiger partial charge in [0.15, 0.2) is 0 Å². The van der Waals surface area contributed by atoms with Crippen LogP contribution in [0.4, 0.5) is 0 Å². The van der Waals surface area contributed by atoms with Crippen molar-refractivity contribution < 1.29 is 42.2 Å². The zero-order valence-corrected chi connectivity index (χ0v) is 8.41. The first kappa shape index (κ1) is 29.3. The molecule has 0 heterocycles. The van der Waals surface area contributed by atoms with Crippen molar-refractivity contribution in [2.75, 3.05) is 0 Å². The standard InChI is InChI=1S/Mg.Na.3H2O3Si.3H/c;;3*1-4(2)3;;;/h;;3*1-2H;;;. The topological polar surface area (TPSA) is 173 Å². The van der Waals surface area contributed by atoms with E-state index in [9.17, 15) is 0 Å². The van der Waals surface area contributed by atoms with E-state index in [1.807, 2.05) is 0 Å². The van der Waals surface area contributed by atoms with Gasteiger partial charge in [0.1, 0.15) is 0 Å². The van der Waals surface area contributed by atoms with Gasteiger partial charge in [-0.15, -0.1) is 0 Å². The van der Waals surface area contributed by atoms with Gasteiger partial charge >= 0.3 is 80.1 Å². The Kier molecular flexibility index (Phi) is 49.1. The van der Waals surface area contributed by atoms with Crippen LogP contribution in [-0.2, 0) is 13.4 Å². The molecule has 0 amide bonds. The van der Waals surface area contributed by atoms with Gasteiger partial charge in [0.25, 0.3) is 0 Å². The van der Waals surface area contributed by atoms with E-state index in [0.717, 1.165) is 0 Å². The molecule has 14 heavy (non-hydrogen) atoms. The second-order valence-electron chi connectivity index (χ2n) is 0.848. The summed E-state index contributed by atoms with van der Waals surface area (Å²) in [5.74, 6) is 0. The molecule has 0 aliphatic carbocycles. The zero-order chi connectivity index (χ0) is 10.7. The first-order valence-corrected chi connectivity index (χ1v) is 5.86. The van der Waals surface area contributed by atoms with Crippen LogP contribution in [0.15, 0.2) is 0 Å². The molecule has 6 N–H and O–H groups in total. The molecule has 0 saturated carbocycles. The molecule has 0 radical (unpaired) electrons. The van der Waals surface area contributed by atoms with Gasteiger partial charge in [-0.1, -0.05) is 0 Å². The predicted octanol–water partition coefficient (Wildman–Crippen LogP) is -6.41. The predicted molar refractivity (Wildman–Crippen MR) is 48.3 cm³/mol. The van der Waals surface area contributed by atoms with E-state index in [-0.39, 0.29) is 52.6 Å². The van der Waals surface area contributed by atoms with E-state index in [4.69, 9.17) is 42.2 Å². The molecule has 0 aromatic rings. The molecule has 0 rings (SSSR count). The Morgan fingerprint density at radius 1 is 0.571 bits per heavy atom. The molecule has 0 aliphatic heterocycles. The number of hydrogen-bond acceptors (Lipinski definition) is 3. The molecule has 14 heteroatoms. The fourth-order valence-electron chi connectivity index (χ4n) is 0. The van der Waals surface area contributed by atoms with Crippen molar-refractivity contribution in [1.29, 1.82) is 0 Å². The van der Waals surface area contributed by atoms with Crippen LogP contribution >= 0.6 is 0 Å².